The number of amides is 1. The Morgan fingerprint density at radius 3 is 2.79 bits per heavy atom. The summed E-state index contributed by atoms with van der Waals surface area (Å²) in [5.41, 5.74) is 0.297. The van der Waals surface area contributed by atoms with Crippen molar-refractivity contribution in [2.75, 3.05) is 0 Å². The van der Waals surface area contributed by atoms with E-state index in [4.69, 9.17) is 0 Å². The monoisotopic (exact) mass is 277 g/mol. The molecule has 2 aliphatic heterocycles. The highest BCUT2D eigenvalue weighted by atomic mass is 32.2. The maximum atomic E-state index is 11.4. The number of carboxylic acids is 1. The Balaban J connectivity index is 1.84. The first-order valence-corrected chi connectivity index (χ1v) is 6.95. The largest absolute Gasteiger partial charge is 0.478 e. The molecule has 98 valence electrons. The molecular formula is C13H13N2O3S+. The topological polar surface area (TPSA) is 61.5 Å². The molecule has 1 fully saturated rings. The van der Waals surface area contributed by atoms with Crippen molar-refractivity contribution in [3.63, 3.8) is 0 Å². The number of hydrogen-bond donors (Lipinski definition) is 1. The van der Waals surface area contributed by atoms with Crippen molar-refractivity contribution < 1.29 is 19.3 Å². The Hall–Kier alpha value is -1.82. The van der Waals surface area contributed by atoms with Crippen LogP contribution < -0.4 is 4.57 Å². The first-order chi connectivity index (χ1) is 9.15. The number of carbonyl (C=O) groups is 2. The smallest absolute Gasteiger partial charge is 0.334 e. The summed E-state index contributed by atoms with van der Waals surface area (Å²) >= 11 is 1.55. The molecule has 1 N–H and O–H groups in total. The van der Waals surface area contributed by atoms with Crippen LogP contribution in [0.4, 0.5) is 0 Å². The lowest BCUT2D eigenvalue weighted by atomic mass is 10.1. The van der Waals surface area contributed by atoms with E-state index in [9.17, 15) is 14.7 Å². The minimum atomic E-state index is -0.952. The molecular weight excluding hydrogens is 264 g/mol. The Morgan fingerprint density at radius 1 is 1.42 bits per heavy atom. The van der Waals surface area contributed by atoms with E-state index in [0.717, 1.165) is 0 Å². The van der Waals surface area contributed by atoms with Gasteiger partial charge < -0.3 is 10.0 Å². The molecule has 1 aromatic rings. The van der Waals surface area contributed by atoms with Gasteiger partial charge in [-0.2, -0.15) is 0 Å². The van der Waals surface area contributed by atoms with Gasteiger partial charge in [0.05, 0.1) is 22.6 Å². The van der Waals surface area contributed by atoms with Gasteiger partial charge in [-0.1, -0.05) is 6.07 Å². The van der Waals surface area contributed by atoms with Crippen LogP contribution >= 0.6 is 11.8 Å². The van der Waals surface area contributed by atoms with Gasteiger partial charge in [-0.25, -0.2) is 9.36 Å². The second-order valence-electron chi connectivity index (χ2n) is 4.55. The normalized spacial score (nSPS) is 25.4. The number of carboxylic acid groups (broad SMARTS) is 1. The maximum absolute atomic E-state index is 11.4. The van der Waals surface area contributed by atoms with Crippen LogP contribution in [0.25, 0.3) is 0 Å². The first kappa shape index (κ1) is 12.2. The number of carbonyl (C=O) groups excluding carboxylic acids is 1. The highest BCUT2D eigenvalue weighted by Gasteiger charge is 2.44. The molecule has 3 heterocycles. The third-order valence-corrected chi connectivity index (χ3v) is 4.73. The van der Waals surface area contributed by atoms with Gasteiger partial charge in [0.2, 0.25) is 5.91 Å². The third kappa shape index (κ3) is 2.23. The number of aromatic nitrogens is 1. The highest BCUT2D eigenvalue weighted by Crippen LogP contribution is 2.40. The zero-order chi connectivity index (χ0) is 13.4. The fraction of sp³-hybridized carbons (Fsp3) is 0.308. The number of hydrogen-bond acceptors (Lipinski definition) is 3. The second kappa shape index (κ2) is 4.70. The predicted octanol–water partition coefficient (Wildman–Crippen LogP) is 0.616. The molecule has 3 rings (SSSR count). The molecule has 2 aliphatic rings. The SMILES string of the molecule is O=C(O)C1=CN2C(=O)C[C@H]2SC1C[n+]1ccccc1. The Bertz CT molecular complexity index is 558. The standard InChI is InChI=1S/C13H12N2O3S/c16-11-6-12-15(11)7-9(13(17)18)10(19-12)8-14-4-2-1-3-5-14/h1-5,7,10,12H,6,8H2/p+1/t10?,12-/m1/s1. The van der Waals surface area contributed by atoms with Crippen molar-refractivity contribution >= 4 is 23.6 Å². The number of pyridine rings is 1. The summed E-state index contributed by atoms with van der Waals surface area (Å²) in [6.45, 7) is 0.599. The molecule has 0 aromatic carbocycles. The Labute approximate surface area is 114 Å². The number of fused-ring (bicyclic) bond motifs is 1. The molecule has 1 amide bonds. The number of β-lactam (4-membered cyclic amide) rings is 1. The number of aliphatic carboxylic acids is 1. The summed E-state index contributed by atoms with van der Waals surface area (Å²) in [5.74, 6) is -0.950. The lowest BCUT2D eigenvalue weighted by molar-refractivity contribution is -0.695. The number of nitrogens with zero attached hydrogens (tertiary/aromatic N) is 2. The summed E-state index contributed by atoms with van der Waals surface area (Å²) in [6.07, 6.45) is 5.84. The van der Waals surface area contributed by atoms with Gasteiger partial charge in [-0.15, -0.1) is 11.8 Å². The van der Waals surface area contributed by atoms with Crippen LogP contribution in [0.15, 0.2) is 42.4 Å². The Kier molecular flexibility index (Phi) is 3.02. The van der Waals surface area contributed by atoms with Crippen LogP contribution in [0, 0.1) is 0 Å². The van der Waals surface area contributed by atoms with E-state index >= 15 is 0 Å². The van der Waals surface area contributed by atoms with Crippen molar-refractivity contribution in [3.8, 4) is 0 Å². The van der Waals surface area contributed by atoms with Crippen molar-refractivity contribution in [1.29, 1.82) is 0 Å². The van der Waals surface area contributed by atoms with Crippen LogP contribution in [0.1, 0.15) is 6.42 Å². The molecule has 1 saturated heterocycles. The van der Waals surface area contributed by atoms with Gasteiger partial charge >= 0.3 is 5.97 Å². The average molecular weight is 277 g/mol. The molecule has 0 saturated carbocycles. The number of rotatable bonds is 3. The molecule has 1 unspecified atom stereocenters. The van der Waals surface area contributed by atoms with Crippen LogP contribution in [0.2, 0.25) is 0 Å². The molecule has 0 aliphatic carbocycles. The Morgan fingerprint density at radius 2 is 2.16 bits per heavy atom. The van der Waals surface area contributed by atoms with Crippen LogP contribution in [0.5, 0.6) is 0 Å². The third-order valence-electron chi connectivity index (χ3n) is 3.29. The van der Waals surface area contributed by atoms with Gasteiger partial charge in [0.1, 0.15) is 0 Å². The number of thioether (sulfide) groups is 1. The van der Waals surface area contributed by atoms with Gasteiger partial charge in [0.15, 0.2) is 18.9 Å². The first-order valence-electron chi connectivity index (χ1n) is 6.01. The highest BCUT2D eigenvalue weighted by molar-refractivity contribution is 8.00. The molecule has 0 radical (unpaired) electrons. The molecule has 6 heteroatoms. The summed E-state index contributed by atoms with van der Waals surface area (Å²) in [7, 11) is 0. The molecule has 1 aromatic heterocycles. The summed E-state index contributed by atoms with van der Waals surface area (Å²) in [5, 5.41) is 9.25. The fourth-order valence-corrected chi connectivity index (χ4v) is 3.74. The molecule has 0 bridgehead atoms. The summed E-state index contributed by atoms with van der Waals surface area (Å²) in [6, 6.07) is 5.75. The van der Waals surface area contributed by atoms with E-state index in [1.165, 1.54) is 11.1 Å². The van der Waals surface area contributed by atoms with Crippen LogP contribution in [0.3, 0.4) is 0 Å². The van der Waals surface area contributed by atoms with Crippen LogP contribution in [-0.2, 0) is 16.1 Å². The summed E-state index contributed by atoms with van der Waals surface area (Å²) < 4.78 is 1.96. The predicted molar refractivity (Wildman–Crippen MR) is 69.0 cm³/mol. The van der Waals surface area contributed by atoms with Gasteiger partial charge in [-0.3, -0.25) is 4.79 Å². The molecule has 0 spiro atoms. The van der Waals surface area contributed by atoms with Crippen molar-refractivity contribution in [2.24, 2.45) is 0 Å². The van der Waals surface area contributed by atoms with Crippen LogP contribution in [-0.4, -0.2) is 32.5 Å². The van der Waals surface area contributed by atoms with E-state index < -0.39 is 5.97 Å². The molecule has 2 atom stereocenters. The second-order valence-corrected chi connectivity index (χ2v) is 5.93. The zero-order valence-electron chi connectivity index (χ0n) is 10.1. The average Bonchev–Trinajstić information content (AvgIpc) is 2.38. The summed E-state index contributed by atoms with van der Waals surface area (Å²) in [4.78, 5) is 24.2. The van der Waals surface area contributed by atoms with Gasteiger partial charge in [0.25, 0.3) is 0 Å². The van der Waals surface area contributed by atoms with Crippen molar-refractivity contribution in [3.05, 3.63) is 42.4 Å². The fourth-order valence-electron chi connectivity index (χ4n) is 2.25. The van der Waals surface area contributed by atoms with E-state index in [1.54, 1.807) is 11.8 Å². The van der Waals surface area contributed by atoms with Gasteiger partial charge in [0, 0.05) is 18.3 Å². The van der Waals surface area contributed by atoms with Gasteiger partial charge in [-0.05, 0) is 0 Å². The zero-order valence-corrected chi connectivity index (χ0v) is 10.9. The van der Waals surface area contributed by atoms with E-state index in [-0.39, 0.29) is 16.5 Å². The van der Waals surface area contributed by atoms with E-state index in [0.29, 0.717) is 18.5 Å². The minimum absolute atomic E-state index is 0.00191. The lowest BCUT2D eigenvalue weighted by Gasteiger charge is -2.42. The molecule has 5 nitrogen and oxygen atoms in total. The minimum Gasteiger partial charge on any atom is -0.478 e. The lowest BCUT2D eigenvalue weighted by Crippen LogP contribution is -2.53. The molecule has 19 heavy (non-hydrogen) atoms. The maximum Gasteiger partial charge on any atom is 0.334 e. The van der Waals surface area contributed by atoms with E-state index in [2.05, 4.69) is 0 Å². The van der Waals surface area contributed by atoms with E-state index in [1.807, 2.05) is 35.2 Å². The van der Waals surface area contributed by atoms with Crippen molar-refractivity contribution in [1.82, 2.24) is 4.90 Å². The van der Waals surface area contributed by atoms with Crippen molar-refractivity contribution in [2.45, 2.75) is 23.6 Å². The quantitative estimate of drug-likeness (QED) is 0.650.